The topological polar surface area (TPSA) is 80.9 Å². The fourth-order valence-corrected chi connectivity index (χ4v) is 1.48. The molecule has 1 N–H and O–H groups in total. The summed E-state index contributed by atoms with van der Waals surface area (Å²) in [5, 5.41) is 12.8. The zero-order chi connectivity index (χ0) is 12.4. The molecule has 17 heavy (non-hydrogen) atoms. The number of rotatable bonds is 3. The van der Waals surface area contributed by atoms with Gasteiger partial charge in [0.2, 0.25) is 0 Å². The van der Waals surface area contributed by atoms with Crippen molar-refractivity contribution < 1.29 is 19.4 Å². The highest BCUT2D eigenvalue weighted by molar-refractivity contribution is 5.98. The first-order valence-corrected chi connectivity index (χ1v) is 5.01. The molecule has 2 rings (SSSR count). The van der Waals surface area contributed by atoms with Crippen molar-refractivity contribution in [1.29, 1.82) is 0 Å². The van der Waals surface area contributed by atoms with Gasteiger partial charge in [-0.1, -0.05) is 0 Å². The van der Waals surface area contributed by atoms with Gasteiger partial charge in [0, 0.05) is 6.20 Å². The Hall–Kier alpha value is -2.37. The number of fused-ring (bicyclic) bond motifs is 1. The fourth-order valence-electron chi connectivity index (χ4n) is 1.48. The molecule has 0 fully saturated rings. The summed E-state index contributed by atoms with van der Waals surface area (Å²) in [5.74, 6) is -1.56. The van der Waals surface area contributed by atoms with Crippen LogP contribution in [0.15, 0.2) is 24.5 Å². The van der Waals surface area contributed by atoms with E-state index in [4.69, 9.17) is 9.84 Å². The largest absolute Gasteiger partial charge is 0.478 e. The van der Waals surface area contributed by atoms with Gasteiger partial charge >= 0.3 is 11.9 Å². The van der Waals surface area contributed by atoms with Crippen LogP contribution in [0.5, 0.6) is 0 Å². The first kappa shape index (κ1) is 11.1. The Bertz CT molecular complexity index is 588. The maximum absolute atomic E-state index is 11.6. The van der Waals surface area contributed by atoms with Crippen molar-refractivity contribution in [3.63, 3.8) is 0 Å². The highest BCUT2D eigenvalue weighted by Gasteiger charge is 2.15. The number of aromatic nitrogens is 2. The van der Waals surface area contributed by atoms with Crippen molar-refractivity contribution >= 4 is 17.5 Å². The molecule has 0 aliphatic carbocycles. The van der Waals surface area contributed by atoms with Gasteiger partial charge in [0.1, 0.15) is 5.56 Å². The maximum Gasteiger partial charge on any atom is 0.341 e. The van der Waals surface area contributed by atoms with Gasteiger partial charge < -0.3 is 9.84 Å². The molecule has 2 aromatic rings. The van der Waals surface area contributed by atoms with Gasteiger partial charge in [0.25, 0.3) is 0 Å². The molecule has 0 aliphatic heterocycles. The third kappa shape index (κ3) is 1.96. The molecule has 2 aromatic heterocycles. The Kier molecular flexibility index (Phi) is 2.78. The Morgan fingerprint density at radius 2 is 2.29 bits per heavy atom. The van der Waals surface area contributed by atoms with E-state index in [0.717, 1.165) is 0 Å². The molecule has 2 heterocycles. The SMILES string of the molecule is CCOC(=O)c1cnn2ccc(C(=O)O)cc12. The van der Waals surface area contributed by atoms with Crippen LogP contribution in [0.2, 0.25) is 0 Å². The first-order chi connectivity index (χ1) is 8.13. The van der Waals surface area contributed by atoms with E-state index in [-0.39, 0.29) is 17.7 Å². The molecule has 6 heteroatoms. The summed E-state index contributed by atoms with van der Waals surface area (Å²) in [6.07, 6.45) is 2.85. The van der Waals surface area contributed by atoms with Gasteiger partial charge in [-0.2, -0.15) is 5.10 Å². The van der Waals surface area contributed by atoms with Crippen molar-refractivity contribution in [2.45, 2.75) is 6.92 Å². The molecule has 0 spiro atoms. The average molecular weight is 234 g/mol. The molecule has 88 valence electrons. The Morgan fingerprint density at radius 1 is 1.53 bits per heavy atom. The molecule has 0 saturated heterocycles. The van der Waals surface area contributed by atoms with Crippen molar-refractivity contribution in [3.8, 4) is 0 Å². The summed E-state index contributed by atoms with van der Waals surface area (Å²) >= 11 is 0. The summed E-state index contributed by atoms with van der Waals surface area (Å²) in [7, 11) is 0. The fraction of sp³-hybridized carbons (Fsp3) is 0.182. The lowest BCUT2D eigenvalue weighted by molar-refractivity contribution is 0.0527. The van der Waals surface area contributed by atoms with E-state index in [0.29, 0.717) is 5.52 Å². The lowest BCUT2D eigenvalue weighted by Gasteiger charge is -2.00. The monoisotopic (exact) mass is 234 g/mol. The van der Waals surface area contributed by atoms with E-state index >= 15 is 0 Å². The van der Waals surface area contributed by atoms with Crippen molar-refractivity contribution in [2.75, 3.05) is 6.61 Å². The van der Waals surface area contributed by atoms with Crippen molar-refractivity contribution in [1.82, 2.24) is 9.61 Å². The van der Waals surface area contributed by atoms with Gasteiger partial charge in [-0.3, -0.25) is 0 Å². The normalized spacial score (nSPS) is 10.4. The second-order valence-electron chi connectivity index (χ2n) is 3.33. The number of hydrogen-bond acceptors (Lipinski definition) is 4. The number of carbonyl (C=O) groups excluding carboxylic acids is 1. The van der Waals surface area contributed by atoms with Crippen LogP contribution < -0.4 is 0 Å². The van der Waals surface area contributed by atoms with Crippen LogP contribution in [0.1, 0.15) is 27.6 Å². The third-order valence-corrected chi connectivity index (χ3v) is 2.26. The van der Waals surface area contributed by atoms with Crippen molar-refractivity contribution in [3.05, 3.63) is 35.7 Å². The predicted octanol–water partition coefficient (Wildman–Crippen LogP) is 1.21. The Morgan fingerprint density at radius 3 is 2.94 bits per heavy atom. The smallest absolute Gasteiger partial charge is 0.341 e. The van der Waals surface area contributed by atoms with Crippen LogP contribution in [-0.4, -0.2) is 33.3 Å². The number of carboxylic acid groups (broad SMARTS) is 1. The van der Waals surface area contributed by atoms with Gasteiger partial charge in [-0.25, -0.2) is 14.1 Å². The number of carbonyl (C=O) groups is 2. The summed E-state index contributed by atoms with van der Waals surface area (Å²) in [4.78, 5) is 22.4. The minimum Gasteiger partial charge on any atom is -0.478 e. The number of esters is 1. The number of hydrogen-bond donors (Lipinski definition) is 1. The molecule has 0 radical (unpaired) electrons. The summed E-state index contributed by atoms with van der Waals surface area (Å²) in [5.41, 5.74) is 0.779. The summed E-state index contributed by atoms with van der Waals surface area (Å²) in [6.45, 7) is 1.96. The molecule has 0 saturated carbocycles. The first-order valence-electron chi connectivity index (χ1n) is 5.01. The van der Waals surface area contributed by atoms with Gasteiger partial charge in [-0.15, -0.1) is 0 Å². The van der Waals surface area contributed by atoms with Crippen LogP contribution in [-0.2, 0) is 4.74 Å². The zero-order valence-corrected chi connectivity index (χ0v) is 9.08. The minimum absolute atomic E-state index is 0.101. The molecular formula is C11H10N2O4. The van der Waals surface area contributed by atoms with Crippen LogP contribution in [0.4, 0.5) is 0 Å². The second-order valence-corrected chi connectivity index (χ2v) is 3.33. The molecular weight excluding hydrogens is 224 g/mol. The standard InChI is InChI=1S/C11H10N2O4/c1-2-17-11(16)8-6-12-13-4-3-7(10(14)15)5-9(8)13/h3-6H,2H2,1H3,(H,14,15). The van der Waals surface area contributed by atoms with Gasteiger partial charge in [0.15, 0.2) is 0 Å². The van der Waals surface area contributed by atoms with E-state index in [1.165, 1.54) is 29.0 Å². The zero-order valence-electron chi connectivity index (χ0n) is 9.08. The second kappa shape index (κ2) is 4.25. The number of aromatic carboxylic acids is 1. The summed E-state index contributed by atoms with van der Waals surface area (Å²) < 4.78 is 6.28. The predicted molar refractivity (Wildman–Crippen MR) is 58.1 cm³/mol. The highest BCUT2D eigenvalue weighted by atomic mass is 16.5. The lowest BCUT2D eigenvalue weighted by atomic mass is 10.2. The van der Waals surface area contributed by atoms with E-state index in [1.807, 2.05) is 0 Å². The number of nitrogens with zero attached hydrogens (tertiary/aromatic N) is 2. The molecule has 0 unspecified atom stereocenters. The van der Waals surface area contributed by atoms with Crippen LogP contribution >= 0.6 is 0 Å². The third-order valence-electron chi connectivity index (χ3n) is 2.26. The number of ether oxygens (including phenoxy) is 1. The maximum atomic E-state index is 11.6. The number of carboxylic acids is 1. The Balaban J connectivity index is 2.54. The highest BCUT2D eigenvalue weighted by Crippen LogP contribution is 2.14. The Labute approximate surface area is 96.4 Å². The molecule has 0 amide bonds. The molecule has 0 aliphatic rings. The van der Waals surface area contributed by atoms with Gasteiger partial charge in [-0.05, 0) is 19.1 Å². The molecule has 6 nitrogen and oxygen atoms in total. The average Bonchev–Trinajstić information content (AvgIpc) is 2.71. The van der Waals surface area contributed by atoms with Gasteiger partial charge in [0.05, 0.1) is 23.9 Å². The summed E-state index contributed by atoms with van der Waals surface area (Å²) in [6, 6.07) is 2.80. The molecule has 0 aromatic carbocycles. The lowest BCUT2D eigenvalue weighted by Crippen LogP contribution is -2.05. The minimum atomic E-state index is -1.05. The molecule has 0 bridgehead atoms. The molecule has 0 atom stereocenters. The van der Waals surface area contributed by atoms with Crippen LogP contribution in [0, 0.1) is 0 Å². The van der Waals surface area contributed by atoms with E-state index < -0.39 is 11.9 Å². The van der Waals surface area contributed by atoms with E-state index in [1.54, 1.807) is 6.92 Å². The van der Waals surface area contributed by atoms with E-state index in [2.05, 4.69) is 5.10 Å². The van der Waals surface area contributed by atoms with E-state index in [9.17, 15) is 9.59 Å². The van der Waals surface area contributed by atoms with Crippen LogP contribution in [0.25, 0.3) is 5.52 Å². The quantitative estimate of drug-likeness (QED) is 0.807. The van der Waals surface area contributed by atoms with Crippen molar-refractivity contribution in [2.24, 2.45) is 0 Å². The van der Waals surface area contributed by atoms with Crippen LogP contribution in [0.3, 0.4) is 0 Å². The number of pyridine rings is 1.